The molecule has 5 nitrogen and oxygen atoms in total. The van der Waals surface area contributed by atoms with E-state index in [1.54, 1.807) is 6.20 Å². The van der Waals surface area contributed by atoms with Crippen molar-refractivity contribution in [3.05, 3.63) is 45.4 Å². The molecule has 1 amide bonds. The molecular weight excluding hydrogens is 419 g/mol. The molecule has 32 heavy (non-hydrogen) atoms. The van der Waals surface area contributed by atoms with Crippen molar-refractivity contribution in [2.45, 2.75) is 98.8 Å². The maximum atomic E-state index is 12.5. The highest BCUT2D eigenvalue weighted by molar-refractivity contribution is 7.13. The van der Waals surface area contributed by atoms with E-state index >= 15 is 0 Å². The summed E-state index contributed by atoms with van der Waals surface area (Å²) in [6.07, 6.45) is 2.91. The zero-order valence-electron chi connectivity index (χ0n) is 21.4. The predicted octanol–water partition coefficient (Wildman–Crippen LogP) is 5.39. The molecule has 1 aliphatic rings. The van der Waals surface area contributed by atoms with E-state index in [1.165, 1.54) is 17.8 Å². The first-order chi connectivity index (χ1) is 14.7. The lowest BCUT2D eigenvalue weighted by Gasteiger charge is -2.32. The lowest BCUT2D eigenvalue weighted by Crippen LogP contribution is -2.41. The fourth-order valence-corrected chi connectivity index (χ4v) is 3.92. The molecule has 0 atom stereocenters. The second kappa shape index (κ2) is 10.1. The molecule has 176 valence electrons. The minimum absolute atomic E-state index is 0.0525. The molecule has 0 radical (unpaired) electrons. The molecule has 0 spiro atoms. The summed E-state index contributed by atoms with van der Waals surface area (Å²) in [5, 5.41) is 3.97. The Bertz CT molecular complexity index is 916. The third kappa shape index (κ3) is 6.21. The largest absolute Gasteiger partial charge is 0.494 e. The second-order valence-corrected chi connectivity index (χ2v) is 11.5. The van der Waals surface area contributed by atoms with E-state index in [0.717, 1.165) is 21.6 Å². The van der Waals surface area contributed by atoms with Crippen molar-refractivity contribution in [3.63, 3.8) is 0 Å². The Morgan fingerprint density at radius 2 is 1.69 bits per heavy atom. The van der Waals surface area contributed by atoms with E-state index in [0.29, 0.717) is 11.4 Å². The summed E-state index contributed by atoms with van der Waals surface area (Å²) < 4.78 is 12.3. The van der Waals surface area contributed by atoms with E-state index in [-0.39, 0.29) is 29.6 Å². The monoisotopic (exact) mass is 458 g/mol. The van der Waals surface area contributed by atoms with Gasteiger partial charge in [0.25, 0.3) is 5.91 Å². The van der Waals surface area contributed by atoms with Crippen LogP contribution in [0, 0.1) is 6.92 Å². The maximum absolute atomic E-state index is 12.5. The van der Waals surface area contributed by atoms with Crippen LogP contribution in [0.1, 0.15) is 94.5 Å². The number of hydrogen-bond donors (Lipinski definition) is 1. The summed E-state index contributed by atoms with van der Waals surface area (Å²) in [4.78, 5) is 17.5. The first kappa shape index (κ1) is 26.6. The van der Waals surface area contributed by atoms with E-state index < -0.39 is 0 Å². The Morgan fingerprint density at radius 3 is 2.16 bits per heavy atom. The fraction of sp³-hybridized carbons (Fsp3) is 0.600. The van der Waals surface area contributed by atoms with Crippen molar-refractivity contribution in [1.82, 2.24) is 10.3 Å². The standard InChI is InChI=1S/C22H31BN2O3S.C3H8/c1-14-11-16(23-27-21(5,6)22(7,8)28-23)10-9-15(14)12-24-18(26)17-13-25-19(29-17)20(2,3)4;1-3-2/h9-11,13H,12H2,1-8H3,(H,24,26);3H2,1-2H3. The number of hydrogen-bond acceptors (Lipinski definition) is 5. The Labute approximate surface area is 198 Å². The van der Waals surface area contributed by atoms with Crippen LogP contribution in [0.5, 0.6) is 0 Å². The summed E-state index contributed by atoms with van der Waals surface area (Å²) in [5.41, 5.74) is 2.38. The van der Waals surface area contributed by atoms with Gasteiger partial charge >= 0.3 is 7.12 Å². The quantitative estimate of drug-likeness (QED) is 0.624. The SMILES string of the molecule is CCC.Cc1cc(B2OC(C)(C)C(C)(C)O2)ccc1CNC(=O)c1cnc(C(C)(C)C)s1. The first-order valence-electron chi connectivity index (χ1n) is 11.4. The van der Waals surface area contributed by atoms with Crippen molar-refractivity contribution >= 4 is 29.8 Å². The third-order valence-electron chi connectivity index (χ3n) is 5.70. The van der Waals surface area contributed by atoms with Crippen LogP contribution in [-0.4, -0.2) is 29.2 Å². The van der Waals surface area contributed by atoms with Crippen molar-refractivity contribution < 1.29 is 14.1 Å². The average Bonchev–Trinajstić information content (AvgIpc) is 3.24. The molecule has 0 unspecified atom stereocenters. The number of carbonyl (C=O) groups excluding carboxylic acids is 1. The van der Waals surface area contributed by atoms with E-state index in [4.69, 9.17) is 9.31 Å². The summed E-state index contributed by atoms with van der Waals surface area (Å²) in [5.74, 6) is -0.0903. The highest BCUT2D eigenvalue weighted by Crippen LogP contribution is 2.36. The number of thiazole rings is 1. The normalized spacial score (nSPS) is 17.0. The van der Waals surface area contributed by atoms with Gasteiger partial charge in [-0.3, -0.25) is 4.79 Å². The van der Waals surface area contributed by atoms with Crippen LogP contribution >= 0.6 is 11.3 Å². The summed E-state index contributed by atoms with van der Waals surface area (Å²) in [6.45, 7) is 21.2. The molecule has 1 aromatic heterocycles. The number of aryl methyl sites for hydroxylation is 1. The minimum atomic E-state index is -0.379. The molecule has 1 saturated heterocycles. The summed E-state index contributed by atoms with van der Waals surface area (Å²) in [6, 6.07) is 6.12. The van der Waals surface area contributed by atoms with Crippen LogP contribution < -0.4 is 10.8 Å². The van der Waals surface area contributed by atoms with Crippen molar-refractivity contribution in [2.75, 3.05) is 0 Å². The van der Waals surface area contributed by atoms with E-state index in [9.17, 15) is 4.79 Å². The number of aromatic nitrogens is 1. The molecule has 1 aromatic carbocycles. The minimum Gasteiger partial charge on any atom is -0.399 e. The fourth-order valence-electron chi connectivity index (χ4n) is 3.03. The number of rotatable bonds is 4. The zero-order chi connectivity index (χ0) is 24.3. The molecule has 0 aliphatic carbocycles. The topological polar surface area (TPSA) is 60.5 Å². The van der Waals surface area contributed by atoms with Gasteiger partial charge in [0.15, 0.2) is 0 Å². The smallest absolute Gasteiger partial charge is 0.399 e. The van der Waals surface area contributed by atoms with Crippen molar-refractivity contribution in [2.24, 2.45) is 0 Å². The van der Waals surface area contributed by atoms with Gasteiger partial charge in [0, 0.05) is 12.0 Å². The Balaban J connectivity index is 0.00000114. The second-order valence-electron chi connectivity index (χ2n) is 10.4. The maximum Gasteiger partial charge on any atom is 0.494 e. The number of benzene rings is 1. The third-order valence-corrected chi connectivity index (χ3v) is 7.12. The van der Waals surface area contributed by atoms with Gasteiger partial charge < -0.3 is 14.6 Å². The average molecular weight is 458 g/mol. The Hall–Kier alpha value is -1.70. The van der Waals surface area contributed by atoms with Crippen LogP contribution in [0.25, 0.3) is 0 Å². The van der Waals surface area contributed by atoms with E-state index in [1.807, 2.05) is 46.8 Å². The highest BCUT2D eigenvalue weighted by Gasteiger charge is 2.51. The van der Waals surface area contributed by atoms with Gasteiger partial charge in [0.1, 0.15) is 4.88 Å². The van der Waals surface area contributed by atoms with Gasteiger partial charge in [-0.05, 0) is 51.2 Å². The molecule has 0 bridgehead atoms. The summed E-state index contributed by atoms with van der Waals surface area (Å²) in [7, 11) is -0.379. The lowest BCUT2D eigenvalue weighted by atomic mass is 9.78. The zero-order valence-corrected chi connectivity index (χ0v) is 22.2. The highest BCUT2D eigenvalue weighted by atomic mass is 32.1. The van der Waals surface area contributed by atoms with Gasteiger partial charge in [-0.25, -0.2) is 4.98 Å². The van der Waals surface area contributed by atoms with Crippen molar-refractivity contribution in [3.8, 4) is 0 Å². The van der Waals surface area contributed by atoms with Gasteiger partial charge in [0.2, 0.25) is 0 Å². The molecule has 1 fully saturated rings. The number of amides is 1. The van der Waals surface area contributed by atoms with Crippen LogP contribution in [-0.2, 0) is 21.3 Å². The van der Waals surface area contributed by atoms with Crippen molar-refractivity contribution in [1.29, 1.82) is 0 Å². The summed E-state index contributed by atoms with van der Waals surface area (Å²) >= 11 is 1.45. The number of nitrogens with zero attached hydrogens (tertiary/aromatic N) is 1. The van der Waals surface area contributed by atoms with Crippen LogP contribution in [0.4, 0.5) is 0 Å². The van der Waals surface area contributed by atoms with Gasteiger partial charge in [0.05, 0.1) is 22.4 Å². The number of carbonyl (C=O) groups is 1. The first-order valence-corrected chi connectivity index (χ1v) is 12.2. The van der Waals surface area contributed by atoms with Crippen LogP contribution in [0.2, 0.25) is 0 Å². The van der Waals surface area contributed by atoms with Gasteiger partial charge in [-0.2, -0.15) is 0 Å². The molecule has 2 aromatic rings. The lowest BCUT2D eigenvalue weighted by molar-refractivity contribution is 0.00578. The van der Waals surface area contributed by atoms with Gasteiger partial charge in [-0.1, -0.05) is 59.2 Å². The number of nitrogens with one attached hydrogen (secondary N) is 1. The molecule has 2 heterocycles. The predicted molar refractivity (Wildman–Crippen MR) is 135 cm³/mol. The molecular formula is C25H39BN2O3S. The van der Waals surface area contributed by atoms with Crippen LogP contribution in [0.3, 0.4) is 0 Å². The Morgan fingerprint density at radius 1 is 1.12 bits per heavy atom. The molecule has 0 saturated carbocycles. The van der Waals surface area contributed by atoms with Gasteiger partial charge in [-0.15, -0.1) is 11.3 Å². The molecule has 1 N–H and O–H groups in total. The van der Waals surface area contributed by atoms with E-state index in [2.05, 4.69) is 51.0 Å². The molecule has 3 rings (SSSR count). The molecule has 1 aliphatic heterocycles. The Kier molecular flexibility index (Phi) is 8.35. The van der Waals surface area contributed by atoms with Crippen LogP contribution in [0.15, 0.2) is 24.4 Å². The molecule has 7 heteroatoms.